The monoisotopic (exact) mass is 512 g/mol. The van der Waals surface area contributed by atoms with Gasteiger partial charge in [0.05, 0.1) is 0 Å². The normalized spacial score (nSPS) is 12.4. The number of aromatic nitrogens is 4. The molecule has 32 heavy (non-hydrogen) atoms. The summed E-state index contributed by atoms with van der Waals surface area (Å²) in [7, 11) is 3.46. The third kappa shape index (κ3) is 7.90. The summed E-state index contributed by atoms with van der Waals surface area (Å²) in [4.78, 5) is 41.7. The first-order valence-corrected chi connectivity index (χ1v) is 12.8. The van der Waals surface area contributed by atoms with E-state index in [-0.39, 0.29) is 17.6 Å². The molecule has 2 heterocycles. The van der Waals surface area contributed by atoms with Crippen molar-refractivity contribution in [2.24, 2.45) is 14.1 Å². The summed E-state index contributed by atoms with van der Waals surface area (Å²) >= 11 is 3.40. The second-order valence-electron chi connectivity index (χ2n) is 8.54. The predicted molar refractivity (Wildman–Crippen MR) is 130 cm³/mol. The summed E-state index contributed by atoms with van der Waals surface area (Å²) in [5.41, 5.74) is 0.0931. The Labute approximate surface area is 197 Å². The quantitative estimate of drug-likeness (QED) is 0.220. The third-order valence-corrected chi connectivity index (χ3v) is 6.63. The maximum atomic E-state index is 12.1. The molecule has 2 aromatic heterocycles. The highest BCUT2D eigenvalue weighted by Gasteiger charge is 2.14. The van der Waals surface area contributed by atoms with Crippen LogP contribution in [0, 0.1) is 0 Å². The molecular weight excluding hydrogens is 476 g/mol. The van der Waals surface area contributed by atoms with Crippen LogP contribution in [0.3, 0.4) is 0 Å². The number of nitrogens with zero attached hydrogens (tertiary/aromatic N) is 3. The molecule has 1 atom stereocenters. The van der Waals surface area contributed by atoms with E-state index in [2.05, 4.69) is 25.9 Å². The van der Waals surface area contributed by atoms with E-state index in [4.69, 9.17) is 4.74 Å². The number of ether oxygens (including phenoxy) is 1. The van der Waals surface area contributed by atoms with Gasteiger partial charge in [0.15, 0.2) is 11.2 Å². The fraction of sp³-hybridized carbons (Fsp3) is 0.739. The van der Waals surface area contributed by atoms with Gasteiger partial charge in [0.2, 0.25) is 0 Å². The third-order valence-electron chi connectivity index (χ3n) is 5.91. The molecule has 0 saturated carbocycles. The molecule has 0 radical (unpaired) electrons. The molecule has 0 amide bonds. The maximum absolute atomic E-state index is 12.1. The van der Waals surface area contributed by atoms with Crippen LogP contribution in [0.15, 0.2) is 9.59 Å². The molecule has 0 fully saturated rings. The van der Waals surface area contributed by atoms with Crippen LogP contribution < -0.4 is 11.2 Å². The van der Waals surface area contributed by atoms with Gasteiger partial charge in [-0.3, -0.25) is 19.1 Å². The van der Waals surface area contributed by atoms with Crippen molar-refractivity contribution in [1.29, 1.82) is 0 Å². The van der Waals surface area contributed by atoms with Crippen molar-refractivity contribution in [3.63, 3.8) is 0 Å². The van der Waals surface area contributed by atoms with Gasteiger partial charge in [-0.2, -0.15) is 0 Å². The number of alkyl halides is 1. The number of H-pyrrole nitrogens is 1. The summed E-state index contributed by atoms with van der Waals surface area (Å²) in [6.45, 7) is 1.46. The number of aryl methyl sites for hydroxylation is 3. The van der Waals surface area contributed by atoms with E-state index in [1.807, 2.05) is 7.05 Å². The summed E-state index contributed by atoms with van der Waals surface area (Å²) in [5, 5.41) is 0.709. The number of aromatic amines is 1. The number of hydrogen-bond donors (Lipinski definition) is 1. The Kier molecular flexibility index (Phi) is 11.2. The second-order valence-corrected chi connectivity index (χ2v) is 9.18. The number of carbonyl (C=O) groups is 1. The first-order valence-electron chi connectivity index (χ1n) is 11.7. The molecule has 0 aromatic carbocycles. The average Bonchev–Trinajstić information content (AvgIpc) is 3.08. The lowest BCUT2D eigenvalue weighted by Gasteiger charge is -2.13. The lowest BCUT2D eigenvalue weighted by molar-refractivity contribution is -0.145. The zero-order valence-corrected chi connectivity index (χ0v) is 21.2. The molecule has 0 aliphatic carbocycles. The molecule has 180 valence electrons. The van der Waals surface area contributed by atoms with Crippen LogP contribution in [0.2, 0.25) is 0 Å². The summed E-state index contributed by atoms with van der Waals surface area (Å²) in [6.07, 6.45) is 13.7. The second kappa shape index (κ2) is 13.6. The van der Waals surface area contributed by atoms with Gasteiger partial charge < -0.3 is 9.30 Å². The number of fused-ring (bicyclic) bond motifs is 1. The van der Waals surface area contributed by atoms with E-state index < -0.39 is 5.69 Å². The zero-order chi connectivity index (χ0) is 23.5. The summed E-state index contributed by atoms with van der Waals surface area (Å²) in [5.74, 6) is 0.646. The Balaban J connectivity index is 1.54. The van der Waals surface area contributed by atoms with Crippen molar-refractivity contribution in [2.75, 3.05) is 5.33 Å². The first-order chi connectivity index (χ1) is 15.3. The molecular formula is C23H37BrN4O4. The van der Waals surface area contributed by atoms with E-state index in [0.717, 1.165) is 37.9 Å². The molecule has 1 unspecified atom stereocenters. The summed E-state index contributed by atoms with van der Waals surface area (Å²) in [6, 6.07) is 0. The van der Waals surface area contributed by atoms with Crippen LogP contribution >= 0.6 is 15.9 Å². The van der Waals surface area contributed by atoms with Gasteiger partial charge in [-0.15, -0.1) is 0 Å². The molecule has 0 aliphatic rings. The number of imidazole rings is 1. The summed E-state index contributed by atoms with van der Waals surface area (Å²) < 4.78 is 8.43. The van der Waals surface area contributed by atoms with Gasteiger partial charge in [0.25, 0.3) is 5.56 Å². The molecule has 0 saturated heterocycles. The van der Waals surface area contributed by atoms with Crippen LogP contribution in [0.5, 0.6) is 0 Å². The van der Waals surface area contributed by atoms with Crippen LogP contribution in [0.4, 0.5) is 0 Å². The maximum Gasteiger partial charge on any atom is 0.329 e. The Morgan fingerprint density at radius 1 is 0.969 bits per heavy atom. The standard InChI is InChI=1S/C23H37BrN4O4/c1-17(29)32-18(16-24)14-12-10-8-6-4-5-7-9-11-13-15-19-25-21-20(27(19)2)22(30)26-23(31)28(21)3/h18H,4-16H2,1-3H3,(H,26,30,31). The number of esters is 1. The van der Waals surface area contributed by atoms with Crippen molar-refractivity contribution < 1.29 is 9.53 Å². The van der Waals surface area contributed by atoms with Crippen LogP contribution in [-0.2, 0) is 30.0 Å². The average molecular weight is 513 g/mol. The van der Waals surface area contributed by atoms with Gasteiger partial charge in [0, 0.05) is 32.8 Å². The van der Waals surface area contributed by atoms with Crippen molar-refractivity contribution in [1.82, 2.24) is 19.1 Å². The molecule has 0 bridgehead atoms. The highest BCUT2D eigenvalue weighted by molar-refractivity contribution is 9.09. The Morgan fingerprint density at radius 3 is 2.09 bits per heavy atom. The number of nitrogens with one attached hydrogen (secondary N) is 1. The Morgan fingerprint density at radius 2 is 1.53 bits per heavy atom. The van der Waals surface area contributed by atoms with E-state index in [1.165, 1.54) is 56.4 Å². The van der Waals surface area contributed by atoms with Gasteiger partial charge >= 0.3 is 11.7 Å². The van der Waals surface area contributed by atoms with E-state index in [0.29, 0.717) is 16.5 Å². The molecule has 1 N–H and O–H groups in total. The molecule has 2 aromatic rings. The predicted octanol–water partition coefficient (Wildman–Crippen LogP) is 4.12. The number of carbonyl (C=O) groups excluding carboxylic acids is 1. The van der Waals surface area contributed by atoms with Crippen LogP contribution in [0.1, 0.15) is 83.4 Å². The van der Waals surface area contributed by atoms with Crippen molar-refractivity contribution >= 4 is 33.1 Å². The molecule has 0 aliphatic heterocycles. The minimum Gasteiger partial charge on any atom is -0.462 e. The topological polar surface area (TPSA) is 99.0 Å². The minimum atomic E-state index is -0.433. The molecule has 2 rings (SSSR count). The fourth-order valence-corrected chi connectivity index (χ4v) is 4.50. The van der Waals surface area contributed by atoms with Gasteiger partial charge in [-0.25, -0.2) is 9.78 Å². The number of unbranched alkanes of at least 4 members (excludes halogenated alkanes) is 9. The van der Waals surface area contributed by atoms with E-state index in [1.54, 1.807) is 11.6 Å². The largest absolute Gasteiger partial charge is 0.462 e. The van der Waals surface area contributed by atoms with Crippen LogP contribution in [-0.4, -0.2) is 36.5 Å². The van der Waals surface area contributed by atoms with Crippen molar-refractivity contribution in [2.45, 2.75) is 90.1 Å². The Bertz CT molecular complexity index is 979. The van der Waals surface area contributed by atoms with Crippen molar-refractivity contribution in [3.05, 3.63) is 26.7 Å². The van der Waals surface area contributed by atoms with E-state index in [9.17, 15) is 14.4 Å². The molecule has 8 nitrogen and oxygen atoms in total. The fourth-order valence-electron chi connectivity index (χ4n) is 4.05. The SMILES string of the molecule is CC(=O)OC(CBr)CCCCCCCCCCCCc1nc2c(c(=O)[nH]c(=O)n2C)n1C. The van der Waals surface area contributed by atoms with E-state index >= 15 is 0 Å². The lowest BCUT2D eigenvalue weighted by Crippen LogP contribution is -2.29. The highest BCUT2D eigenvalue weighted by atomic mass is 79.9. The Hall–Kier alpha value is -1.90. The smallest absolute Gasteiger partial charge is 0.329 e. The molecule has 0 spiro atoms. The van der Waals surface area contributed by atoms with Gasteiger partial charge in [-0.1, -0.05) is 67.3 Å². The zero-order valence-electron chi connectivity index (χ0n) is 19.6. The number of hydrogen-bond acceptors (Lipinski definition) is 5. The lowest BCUT2D eigenvalue weighted by atomic mass is 10.0. The highest BCUT2D eigenvalue weighted by Crippen LogP contribution is 2.15. The number of rotatable bonds is 15. The van der Waals surface area contributed by atoms with Crippen LogP contribution in [0.25, 0.3) is 11.2 Å². The van der Waals surface area contributed by atoms with Crippen molar-refractivity contribution in [3.8, 4) is 0 Å². The van der Waals surface area contributed by atoms with Gasteiger partial charge in [0.1, 0.15) is 11.9 Å². The van der Waals surface area contributed by atoms with Gasteiger partial charge in [-0.05, 0) is 19.3 Å². The minimum absolute atomic E-state index is 0.00396. The molecule has 9 heteroatoms. The first kappa shape index (κ1) is 26.4. The number of halogens is 1.